The molecule has 0 bridgehead atoms. The minimum atomic E-state index is -1.04. The van der Waals surface area contributed by atoms with Gasteiger partial charge >= 0.3 is 5.97 Å². The second-order valence-corrected chi connectivity index (χ2v) is 4.95. The predicted octanol–water partition coefficient (Wildman–Crippen LogP) is 1.84. The highest BCUT2D eigenvalue weighted by Gasteiger charge is 2.27. The number of carbonyl (C=O) groups excluding carboxylic acids is 1. The molecule has 1 aromatic carbocycles. The van der Waals surface area contributed by atoms with Crippen molar-refractivity contribution in [2.45, 2.75) is 31.4 Å². The summed E-state index contributed by atoms with van der Waals surface area (Å²) in [4.78, 5) is 23.1. The highest BCUT2D eigenvalue weighted by atomic mass is 16.5. The number of hydrogen-bond donors (Lipinski definition) is 2. The van der Waals surface area contributed by atoms with Crippen LogP contribution in [0.25, 0.3) is 6.08 Å². The monoisotopic (exact) mass is 289 g/mol. The van der Waals surface area contributed by atoms with E-state index >= 15 is 0 Å². The van der Waals surface area contributed by atoms with Gasteiger partial charge in [0, 0.05) is 6.61 Å². The van der Waals surface area contributed by atoms with E-state index in [1.807, 2.05) is 36.4 Å². The maximum absolute atomic E-state index is 11.9. The average molecular weight is 289 g/mol. The van der Waals surface area contributed by atoms with Crippen LogP contribution in [-0.2, 0) is 14.3 Å². The molecule has 2 rings (SSSR count). The molecule has 1 heterocycles. The van der Waals surface area contributed by atoms with Gasteiger partial charge in [-0.15, -0.1) is 0 Å². The lowest BCUT2D eigenvalue weighted by Gasteiger charge is -2.15. The fourth-order valence-corrected chi connectivity index (χ4v) is 2.17. The van der Waals surface area contributed by atoms with Gasteiger partial charge in [-0.2, -0.15) is 0 Å². The first-order valence-electron chi connectivity index (χ1n) is 7.03. The second kappa shape index (κ2) is 7.59. The zero-order valence-electron chi connectivity index (χ0n) is 11.7. The first kappa shape index (κ1) is 15.3. The first-order valence-corrected chi connectivity index (χ1v) is 7.03. The summed E-state index contributed by atoms with van der Waals surface area (Å²) >= 11 is 0. The summed E-state index contributed by atoms with van der Waals surface area (Å²) < 4.78 is 5.25. The third kappa shape index (κ3) is 4.72. The van der Waals surface area contributed by atoms with Crippen LogP contribution in [0.2, 0.25) is 0 Å². The second-order valence-electron chi connectivity index (χ2n) is 4.95. The summed E-state index contributed by atoms with van der Waals surface area (Å²) in [7, 11) is 0. The van der Waals surface area contributed by atoms with Crippen LogP contribution in [0, 0.1) is 0 Å². The van der Waals surface area contributed by atoms with E-state index in [1.54, 1.807) is 6.08 Å². The Labute approximate surface area is 123 Å². The number of rotatable bonds is 6. The van der Waals surface area contributed by atoms with Gasteiger partial charge in [0.1, 0.15) is 12.1 Å². The standard InChI is InChI=1S/C16H19NO4/c18-15(14-10-5-11-21-14)17-13(16(19)20)9-4-8-12-6-2-1-3-7-12/h1-4,6-8,13-14H,5,9-11H2,(H,17,18)(H,19,20)/b8-4+/t13-,14+/m1/s1. The molecular weight excluding hydrogens is 270 g/mol. The lowest BCUT2D eigenvalue weighted by atomic mass is 10.1. The summed E-state index contributed by atoms with van der Waals surface area (Å²) in [6.07, 6.45) is 4.81. The van der Waals surface area contributed by atoms with Gasteiger partial charge in [0.2, 0.25) is 5.91 Å². The number of carboxylic acids is 1. The molecule has 0 saturated carbocycles. The molecule has 5 nitrogen and oxygen atoms in total. The van der Waals surface area contributed by atoms with Crippen LogP contribution in [0.15, 0.2) is 36.4 Å². The van der Waals surface area contributed by atoms with E-state index in [0.29, 0.717) is 13.0 Å². The van der Waals surface area contributed by atoms with Crippen molar-refractivity contribution in [1.29, 1.82) is 0 Å². The molecule has 1 amide bonds. The number of benzene rings is 1. The highest BCUT2D eigenvalue weighted by Crippen LogP contribution is 2.12. The van der Waals surface area contributed by atoms with Crippen LogP contribution in [0.4, 0.5) is 0 Å². The Kier molecular flexibility index (Phi) is 5.51. The highest BCUT2D eigenvalue weighted by molar-refractivity contribution is 5.86. The maximum Gasteiger partial charge on any atom is 0.326 e. The molecule has 0 radical (unpaired) electrons. The van der Waals surface area contributed by atoms with Gasteiger partial charge in [-0.25, -0.2) is 4.79 Å². The van der Waals surface area contributed by atoms with Crippen LogP contribution in [0.1, 0.15) is 24.8 Å². The number of carboxylic acid groups (broad SMARTS) is 1. The van der Waals surface area contributed by atoms with Crippen LogP contribution < -0.4 is 5.32 Å². The summed E-state index contributed by atoms with van der Waals surface area (Å²) in [6.45, 7) is 0.559. The van der Waals surface area contributed by atoms with Crippen molar-refractivity contribution in [3.8, 4) is 0 Å². The van der Waals surface area contributed by atoms with E-state index in [9.17, 15) is 14.7 Å². The Hall–Kier alpha value is -2.14. The van der Waals surface area contributed by atoms with E-state index in [1.165, 1.54) is 0 Å². The van der Waals surface area contributed by atoms with Crippen LogP contribution in [0.5, 0.6) is 0 Å². The average Bonchev–Trinajstić information content (AvgIpc) is 3.01. The number of aliphatic carboxylic acids is 1. The van der Waals surface area contributed by atoms with Crippen molar-refractivity contribution < 1.29 is 19.4 Å². The van der Waals surface area contributed by atoms with Gasteiger partial charge in [0.15, 0.2) is 0 Å². The van der Waals surface area contributed by atoms with Crippen molar-refractivity contribution in [3.63, 3.8) is 0 Å². The van der Waals surface area contributed by atoms with Crippen LogP contribution in [0.3, 0.4) is 0 Å². The third-order valence-electron chi connectivity index (χ3n) is 3.32. The molecule has 1 saturated heterocycles. The molecule has 2 atom stereocenters. The van der Waals surface area contributed by atoms with E-state index < -0.39 is 18.1 Å². The molecular formula is C16H19NO4. The summed E-state index contributed by atoms with van der Waals surface area (Å²) in [5, 5.41) is 11.7. The van der Waals surface area contributed by atoms with Gasteiger partial charge in [0.05, 0.1) is 0 Å². The number of ether oxygens (including phenoxy) is 1. The minimum Gasteiger partial charge on any atom is -0.480 e. The minimum absolute atomic E-state index is 0.239. The molecule has 0 spiro atoms. The fraction of sp³-hybridized carbons (Fsp3) is 0.375. The summed E-state index contributed by atoms with van der Waals surface area (Å²) in [6, 6.07) is 8.66. The first-order chi connectivity index (χ1) is 10.2. The lowest BCUT2D eigenvalue weighted by Crippen LogP contribution is -2.45. The van der Waals surface area contributed by atoms with Crippen LogP contribution >= 0.6 is 0 Å². The molecule has 1 aromatic rings. The molecule has 1 fully saturated rings. The van der Waals surface area contributed by atoms with Crippen molar-refractivity contribution in [1.82, 2.24) is 5.32 Å². The lowest BCUT2D eigenvalue weighted by molar-refractivity contribution is -0.143. The predicted molar refractivity (Wildman–Crippen MR) is 78.6 cm³/mol. The van der Waals surface area contributed by atoms with Crippen LogP contribution in [-0.4, -0.2) is 35.7 Å². The number of carbonyl (C=O) groups is 2. The maximum atomic E-state index is 11.9. The molecule has 0 aliphatic carbocycles. The zero-order chi connectivity index (χ0) is 15.1. The fourth-order valence-electron chi connectivity index (χ4n) is 2.17. The SMILES string of the molecule is O=C(N[C@H](C/C=C/c1ccccc1)C(=O)O)[C@@H]1CCCO1. The smallest absolute Gasteiger partial charge is 0.326 e. The van der Waals surface area contributed by atoms with E-state index in [2.05, 4.69) is 5.32 Å². The Morgan fingerprint density at radius 3 is 2.76 bits per heavy atom. The number of hydrogen-bond acceptors (Lipinski definition) is 3. The van der Waals surface area contributed by atoms with Gasteiger partial charge in [-0.3, -0.25) is 4.79 Å². The molecule has 0 unspecified atom stereocenters. The number of amides is 1. The molecule has 112 valence electrons. The van der Waals surface area contributed by atoms with E-state index in [-0.39, 0.29) is 12.3 Å². The zero-order valence-corrected chi connectivity index (χ0v) is 11.7. The topological polar surface area (TPSA) is 75.6 Å². The normalized spacial score (nSPS) is 19.5. The Bertz CT molecular complexity index is 506. The van der Waals surface area contributed by atoms with E-state index in [0.717, 1.165) is 12.0 Å². The quantitative estimate of drug-likeness (QED) is 0.838. The van der Waals surface area contributed by atoms with Crippen molar-refractivity contribution in [2.24, 2.45) is 0 Å². The Balaban J connectivity index is 1.88. The van der Waals surface area contributed by atoms with Crippen molar-refractivity contribution >= 4 is 18.0 Å². The Morgan fingerprint density at radius 1 is 1.38 bits per heavy atom. The molecule has 2 N–H and O–H groups in total. The van der Waals surface area contributed by atoms with E-state index in [4.69, 9.17) is 4.74 Å². The third-order valence-corrected chi connectivity index (χ3v) is 3.32. The van der Waals surface area contributed by atoms with Crippen molar-refractivity contribution in [2.75, 3.05) is 6.61 Å². The molecule has 0 aromatic heterocycles. The van der Waals surface area contributed by atoms with Gasteiger partial charge < -0.3 is 15.2 Å². The molecule has 21 heavy (non-hydrogen) atoms. The molecule has 1 aliphatic heterocycles. The van der Waals surface area contributed by atoms with Gasteiger partial charge in [-0.1, -0.05) is 42.5 Å². The van der Waals surface area contributed by atoms with Gasteiger partial charge in [0.25, 0.3) is 0 Å². The molecule has 1 aliphatic rings. The summed E-state index contributed by atoms with van der Waals surface area (Å²) in [5.74, 6) is -1.38. The van der Waals surface area contributed by atoms with Gasteiger partial charge in [-0.05, 0) is 24.8 Å². The Morgan fingerprint density at radius 2 is 2.14 bits per heavy atom. The summed E-state index contributed by atoms with van der Waals surface area (Å²) in [5.41, 5.74) is 0.993. The van der Waals surface area contributed by atoms with Crippen molar-refractivity contribution in [3.05, 3.63) is 42.0 Å². The number of nitrogens with one attached hydrogen (secondary N) is 1. The molecule has 5 heteroatoms. The largest absolute Gasteiger partial charge is 0.480 e.